The molecular weight excluding hydrogens is 154 g/mol. The first-order valence-electron chi connectivity index (χ1n) is 4.61. The highest BCUT2D eigenvalue weighted by Crippen LogP contribution is 2.24. The fourth-order valence-electron chi connectivity index (χ4n) is 0.915. The molecule has 0 radical (unpaired) electrons. The molecular formula is C9H17NO2. The minimum Gasteiger partial charge on any atom is -0.461 e. The van der Waals surface area contributed by atoms with Crippen LogP contribution in [0.3, 0.4) is 0 Å². The van der Waals surface area contributed by atoms with E-state index in [1.165, 1.54) is 0 Å². The fraction of sp³-hybridized carbons (Fsp3) is 0.889. The van der Waals surface area contributed by atoms with E-state index in [2.05, 4.69) is 0 Å². The van der Waals surface area contributed by atoms with Crippen LogP contribution in [0.25, 0.3) is 0 Å². The van der Waals surface area contributed by atoms with E-state index in [-0.39, 0.29) is 18.0 Å². The average Bonchev–Trinajstić information content (AvgIpc) is 2.85. The van der Waals surface area contributed by atoms with E-state index in [1.54, 1.807) is 0 Å². The first kappa shape index (κ1) is 9.52. The number of hydrogen-bond donors (Lipinski definition) is 1. The Morgan fingerprint density at radius 2 is 2.25 bits per heavy atom. The number of nitrogens with two attached hydrogens (primary N) is 1. The number of esters is 1. The third-order valence-electron chi connectivity index (χ3n) is 2.34. The van der Waals surface area contributed by atoms with Gasteiger partial charge in [0.15, 0.2) is 0 Å². The third-order valence-corrected chi connectivity index (χ3v) is 2.34. The molecule has 0 aromatic heterocycles. The van der Waals surface area contributed by atoms with E-state index in [0.29, 0.717) is 0 Å². The molecule has 0 spiro atoms. The monoisotopic (exact) mass is 171 g/mol. The fourth-order valence-corrected chi connectivity index (χ4v) is 0.915. The zero-order valence-electron chi connectivity index (χ0n) is 7.75. The van der Waals surface area contributed by atoms with E-state index in [1.807, 2.05) is 13.8 Å². The van der Waals surface area contributed by atoms with E-state index >= 15 is 0 Å². The summed E-state index contributed by atoms with van der Waals surface area (Å²) in [5, 5.41) is 0. The summed E-state index contributed by atoms with van der Waals surface area (Å²) in [6.07, 6.45) is 3.12. The van der Waals surface area contributed by atoms with Crippen molar-refractivity contribution in [2.24, 2.45) is 11.7 Å². The second-order valence-electron chi connectivity index (χ2n) is 3.55. The zero-order valence-corrected chi connectivity index (χ0v) is 7.75. The van der Waals surface area contributed by atoms with Crippen LogP contribution in [-0.2, 0) is 9.53 Å². The molecule has 0 amide bonds. The third kappa shape index (κ3) is 2.48. The van der Waals surface area contributed by atoms with Gasteiger partial charge in [0.05, 0.1) is 0 Å². The van der Waals surface area contributed by atoms with Gasteiger partial charge < -0.3 is 10.5 Å². The molecule has 3 heteroatoms. The Morgan fingerprint density at radius 3 is 2.67 bits per heavy atom. The molecule has 0 aromatic rings. The van der Waals surface area contributed by atoms with Crippen molar-refractivity contribution >= 4 is 5.97 Å². The van der Waals surface area contributed by atoms with Gasteiger partial charge in [-0.2, -0.15) is 0 Å². The molecule has 2 N–H and O–H groups in total. The Hall–Kier alpha value is -0.570. The molecule has 2 atom stereocenters. The van der Waals surface area contributed by atoms with Crippen molar-refractivity contribution in [1.29, 1.82) is 0 Å². The molecule has 1 aliphatic rings. The van der Waals surface area contributed by atoms with E-state index in [4.69, 9.17) is 10.5 Å². The van der Waals surface area contributed by atoms with Gasteiger partial charge in [0.1, 0.15) is 12.1 Å². The highest BCUT2D eigenvalue weighted by atomic mass is 16.5. The summed E-state index contributed by atoms with van der Waals surface area (Å²) >= 11 is 0. The Kier molecular flexibility index (Phi) is 3.09. The number of carbonyl (C=O) groups excluding carboxylic acids is 1. The first-order chi connectivity index (χ1) is 5.65. The number of hydrogen-bond acceptors (Lipinski definition) is 3. The van der Waals surface area contributed by atoms with Crippen molar-refractivity contribution in [2.45, 2.75) is 45.3 Å². The summed E-state index contributed by atoms with van der Waals surface area (Å²) in [6.45, 7) is 3.99. The van der Waals surface area contributed by atoms with Crippen molar-refractivity contribution in [3.05, 3.63) is 0 Å². The molecule has 0 aliphatic heterocycles. The maximum atomic E-state index is 11.2. The molecule has 70 valence electrons. The Morgan fingerprint density at radius 1 is 1.67 bits per heavy atom. The van der Waals surface area contributed by atoms with Crippen LogP contribution in [0.15, 0.2) is 0 Å². The molecule has 1 rings (SSSR count). The summed E-state index contributed by atoms with van der Waals surface area (Å²) in [5.74, 6) is -0.0110. The van der Waals surface area contributed by atoms with Gasteiger partial charge in [-0.05, 0) is 18.8 Å². The van der Waals surface area contributed by atoms with E-state index < -0.39 is 6.04 Å². The van der Waals surface area contributed by atoms with Gasteiger partial charge in [-0.15, -0.1) is 0 Å². The van der Waals surface area contributed by atoms with Gasteiger partial charge in [0.2, 0.25) is 0 Å². The number of rotatable bonds is 4. The molecule has 1 aliphatic carbocycles. The predicted molar refractivity (Wildman–Crippen MR) is 46.5 cm³/mol. The second-order valence-corrected chi connectivity index (χ2v) is 3.55. The standard InChI is InChI=1S/C9H17NO2/c1-3-6(2)8(10)9(11)12-7-4-5-7/h6-8H,3-5,10H2,1-2H3. The summed E-state index contributed by atoms with van der Waals surface area (Å²) in [4.78, 5) is 11.2. The highest BCUT2D eigenvalue weighted by Gasteiger charge is 2.29. The smallest absolute Gasteiger partial charge is 0.323 e. The van der Waals surface area contributed by atoms with Crippen LogP contribution in [0.2, 0.25) is 0 Å². The van der Waals surface area contributed by atoms with Crippen LogP contribution in [0.4, 0.5) is 0 Å². The van der Waals surface area contributed by atoms with Gasteiger partial charge in [0, 0.05) is 0 Å². The van der Waals surface area contributed by atoms with Crippen molar-refractivity contribution in [1.82, 2.24) is 0 Å². The summed E-state index contributed by atoms with van der Waals surface area (Å²) in [5.41, 5.74) is 5.67. The number of carbonyl (C=O) groups is 1. The first-order valence-corrected chi connectivity index (χ1v) is 4.61. The molecule has 1 saturated carbocycles. The Labute approximate surface area is 73.3 Å². The highest BCUT2D eigenvalue weighted by molar-refractivity contribution is 5.76. The summed E-state index contributed by atoms with van der Waals surface area (Å²) in [7, 11) is 0. The van der Waals surface area contributed by atoms with E-state index in [0.717, 1.165) is 19.3 Å². The largest absolute Gasteiger partial charge is 0.461 e. The molecule has 0 saturated heterocycles. The summed E-state index contributed by atoms with van der Waals surface area (Å²) in [6, 6.07) is -0.435. The van der Waals surface area contributed by atoms with E-state index in [9.17, 15) is 4.79 Å². The Bertz CT molecular complexity index is 166. The zero-order chi connectivity index (χ0) is 9.14. The topological polar surface area (TPSA) is 52.3 Å². The molecule has 1 fully saturated rings. The molecule has 2 unspecified atom stereocenters. The van der Waals surface area contributed by atoms with Gasteiger partial charge >= 0.3 is 5.97 Å². The summed E-state index contributed by atoms with van der Waals surface area (Å²) < 4.78 is 5.08. The van der Waals surface area contributed by atoms with Crippen molar-refractivity contribution in [3.63, 3.8) is 0 Å². The lowest BCUT2D eigenvalue weighted by Gasteiger charge is -2.16. The van der Waals surface area contributed by atoms with Crippen LogP contribution < -0.4 is 5.73 Å². The second kappa shape index (κ2) is 3.90. The van der Waals surface area contributed by atoms with Crippen molar-refractivity contribution in [3.8, 4) is 0 Å². The maximum absolute atomic E-state index is 11.2. The molecule has 0 aromatic carbocycles. The van der Waals surface area contributed by atoms with Crippen LogP contribution in [-0.4, -0.2) is 18.1 Å². The van der Waals surface area contributed by atoms with Gasteiger partial charge in [-0.25, -0.2) is 0 Å². The minimum absolute atomic E-state index is 0.174. The number of ether oxygens (including phenoxy) is 1. The van der Waals surface area contributed by atoms with Gasteiger partial charge in [-0.3, -0.25) is 4.79 Å². The van der Waals surface area contributed by atoms with Crippen LogP contribution in [0, 0.1) is 5.92 Å². The van der Waals surface area contributed by atoms with Crippen LogP contribution in [0.1, 0.15) is 33.1 Å². The molecule has 3 nitrogen and oxygen atoms in total. The molecule has 0 heterocycles. The SMILES string of the molecule is CCC(C)C(N)C(=O)OC1CC1. The molecule has 12 heavy (non-hydrogen) atoms. The Balaban J connectivity index is 2.28. The van der Waals surface area contributed by atoms with Gasteiger partial charge in [0.25, 0.3) is 0 Å². The van der Waals surface area contributed by atoms with Crippen LogP contribution in [0.5, 0.6) is 0 Å². The lowest BCUT2D eigenvalue weighted by molar-refractivity contribution is -0.147. The van der Waals surface area contributed by atoms with Crippen LogP contribution >= 0.6 is 0 Å². The van der Waals surface area contributed by atoms with Gasteiger partial charge in [-0.1, -0.05) is 20.3 Å². The van der Waals surface area contributed by atoms with Crippen molar-refractivity contribution < 1.29 is 9.53 Å². The van der Waals surface area contributed by atoms with Crippen molar-refractivity contribution in [2.75, 3.05) is 0 Å². The molecule has 0 bridgehead atoms. The average molecular weight is 171 g/mol. The minimum atomic E-state index is -0.435. The predicted octanol–water partition coefficient (Wildman–Crippen LogP) is 1.07. The lowest BCUT2D eigenvalue weighted by atomic mass is 10.0. The lowest BCUT2D eigenvalue weighted by Crippen LogP contribution is -2.38. The normalized spacial score (nSPS) is 21.6. The quantitative estimate of drug-likeness (QED) is 0.643. The maximum Gasteiger partial charge on any atom is 0.323 e.